The lowest BCUT2D eigenvalue weighted by atomic mass is 9.80. The molecule has 3 aromatic carbocycles. The van der Waals surface area contributed by atoms with E-state index in [-0.39, 0.29) is 38.0 Å². The van der Waals surface area contributed by atoms with Gasteiger partial charge in [-0.15, -0.1) is 0 Å². The minimum atomic E-state index is -2.90. The van der Waals surface area contributed by atoms with Crippen LogP contribution in [0.1, 0.15) is 172 Å². The highest BCUT2D eigenvalue weighted by Gasteiger charge is 2.48. The number of hydrogen-bond acceptors (Lipinski definition) is 0. The summed E-state index contributed by atoms with van der Waals surface area (Å²) in [6, 6.07) is 23.4. The molecular weight excluding hydrogens is 629 g/mol. The van der Waals surface area contributed by atoms with Crippen molar-refractivity contribution in [3.8, 4) is 0 Å². The molecule has 0 amide bonds. The zero-order chi connectivity index (χ0) is 38.9. The third-order valence-electron chi connectivity index (χ3n) is 11.4. The summed E-state index contributed by atoms with van der Waals surface area (Å²) in [6.45, 7) is 47.8. The van der Waals surface area contributed by atoms with Crippen LogP contribution in [-0.4, -0.2) is 8.07 Å². The molecule has 0 heterocycles. The van der Waals surface area contributed by atoms with E-state index in [0.717, 1.165) is 0 Å². The van der Waals surface area contributed by atoms with Crippen molar-refractivity contribution in [2.75, 3.05) is 0 Å². The summed E-state index contributed by atoms with van der Waals surface area (Å²) >= 11 is 0. The Bertz CT molecular complexity index is 1520. The molecule has 0 bridgehead atoms. The molecule has 0 saturated heterocycles. The third-order valence-corrected chi connectivity index (χ3v) is 16.4. The van der Waals surface area contributed by atoms with Crippen molar-refractivity contribution in [3.63, 3.8) is 0 Å². The van der Waals surface area contributed by atoms with Gasteiger partial charge in [-0.1, -0.05) is 211 Å². The van der Waals surface area contributed by atoms with Gasteiger partial charge in [-0.05, 0) is 92.9 Å². The van der Waals surface area contributed by atoms with Crippen molar-refractivity contribution < 1.29 is 0 Å². The average Bonchev–Trinajstić information content (AvgIpc) is 3.45. The van der Waals surface area contributed by atoms with Crippen LogP contribution in [0.4, 0.5) is 0 Å². The second kappa shape index (κ2) is 13.3. The molecule has 1 unspecified atom stereocenters. The van der Waals surface area contributed by atoms with Crippen LogP contribution in [0.15, 0.2) is 78.4 Å². The lowest BCUT2D eigenvalue weighted by Crippen LogP contribution is -2.70. The Morgan fingerprint density at radius 2 is 0.627 bits per heavy atom. The Hall–Kier alpha value is -2.64. The molecule has 51 heavy (non-hydrogen) atoms. The van der Waals surface area contributed by atoms with Crippen LogP contribution in [0.2, 0.25) is 5.54 Å². The molecular formula is C50H74Si. The summed E-state index contributed by atoms with van der Waals surface area (Å²) in [5.74, 6) is 0.473. The number of rotatable bonds is 5. The molecule has 0 radical (unpaired) electrons. The van der Waals surface area contributed by atoms with E-state index in [9.17, 15) is 0 Å². The molecule has 0 aliphatic heterocycles. The first-order valence-electron chi connectivity index (χ1n) is 19.8. The molecule has 0 fully saturated rings. The van der Waals surface area contributed by atoms with Crippen molar-refractivity contribution in [1.82, 2.24) is 0 Å². The van der Waals surface area contributed by atoms with E-state index in [1.165, 1.54) is 54.5 Å². The van der Waals surface area contributed by atoms with Crippen molar-refractivity contribution in [2.45, 2.75) is 177 Å². The van der Waals surface area contributed by atoms with E-state index in [1.54, 1.807) is 0 Å². The van der Waals surface area contributed by atoms with Crippen LogP contribution in [0.25, 0.3) is 0 Å². The first kappa shape index (κ1) is 41.1. The number of allylic oxidation sites excluding steroid dienone is 4. The largest absolute Gasteiger partial charge is 0.158 e. The van der Waals surface area contributed by atoms with Crippen LogP contribution in [0, 0.1) is 5.92 Å². The SMILES string of the molecule is CC(C)C1=CC([Si](c2cc(C(C)(C)C)cc(C(C)(C)C)c2)(c2cc(C(C)(C)C)cc(C(C)(C)C)c2)c2cc(C(C)(C)C)cc(C(C)(C)C)c2)C=C1. The summed E-state index contributed by atoms with van der Waals surface area (Å²) in [6.07, 6.45) is 7.74. The summed E-state index contributed by atoms with van der Waals surface area (Å²) in [4.78, 5) is 0. The Balaban J connectivity index is 2.45. The van der Waals surface area contributed by atoms with E-state index >= 15 is 0 Å². The molecule has 0 saturated carbocycles. The molecule has 1 atom stereocenters. The zero-order valence-electron chi connectivity index (χ0n) is 36.6. The first-order chi connectivity index (χ1) is 22.9. The van der Waals surface area contributed by atoms with Crippen molar-refractivity contribution >= 4 is 23.6 Å². The van der Waals surface area contributed by atoms with Gasteiger partial charge in [0.1, 0.15) is 0 Å². The van der Waals surface area contributed by atoms with Gasteiger partial charge in [0.05, 0.1) is 0 Å². The van der Waals surface area contributed by atoms with Crippen molar-refractivity contribution in [2.24, 2.45) is 5.92 Å². The summed E-state index contributed by atoms with van der Waals surface area (Å²) in [5.41, 5.74) is 10.4. The van der Waals surface area contributed by atoms with Gasteiger partial charge in [0.2, 0.25) is 0 Å². The summed E-state index contributed by atoms with van der Waals surface area (Å²) in [5, 5.41) is 4.60. The third kappa shape index (κ3) is 8.61. The van der Waals surface area contributed by atoms with Gasteiger partial charge in [-0.3, -0.25) is 0 Å². The van der Waals surface area contributed by atoms with Gasteiger partial charge in [0.15, 0.2) is 8.07 Å². The van der Waals surface area contributed by atoms with Crippen molar-refractivity contribution in [1.29, 1.82) is 0 Å². The smallest absolute Gasteiger partial charge is 0.0790 e. The van der Waals surface area contributed by atoms with Crippen LogP contribution in [0.3, 0.4) is 0 Å². The Morgan fingerprint density at radius 1 is 0.392 bits per heavy atom. The molecule has 278 valence electrons. The lowest BCUT2D eigenvalue weighted by molar-refractivity contribution is 0.569. The normalized spacial score (nSPS) is 16.6. The predicted octanol–water partition coefficient (Wildman–Crippen LogP) is 12.5. The van der Waals surface area contributed by atoms with Crippen molar-refractivity contribution in [3.05, 3.63) is 112 Å². The average molecular weight is 703 g/mol. The highest BCUT2D eigenvalue weighted by Crippen LogP contribution is 2.40. The van der Waals surface area contributed by atoms with Gasteiger partial charge in [0.25, 0.3) is 0 Å². The highest BCUT2D eigenvalue weighted by molar-refractivity contribution is 7.13. The first-order valence-corrected chi connectivity index (χ1v) is 21.8. The van der Waals surface area contributed by atoms with E-state index < -0.39 is 8.07 Å². The molecule has 0 aromatic heterocycles. The molecule has 1 aliphatic rings. The maximum atomic E-state index is 2.68. The van der Waals surface area contributed by atoms with Crippen LogP contribution < -0.4 is 15.6 Å². The molecule has 4 rings (SSSR count). The van der Waals surface area contributed by atoms with Gasteiger partial charge < -0.3 is 0 Å². The zero-order valence-corrected chi connectivity index (χ0v) is 37.6. The Kier molecular flexibility index (Phi) is 10.8. The van der Waals surface area contributed by atoms with Gasteiger partial charge in [-0.2, -0.15) is 0 Å². The highest BCUT2D eigenvalue weighted by atomic mass is 28.3. The monoisotopic (exact) mass is 703 g/mol. The minimum Gasteiger partial charge on any atom is -0.0790 e. The van der Waals surface area contributed by atoms with Gasteiger partial charge in [0, 0.05) is 5.54 Å². The standard InChI is InChI=1S/C50H74Si/c1-33(2)34-21-22-41(23-34)51(42-27-35(45(3,4)5)24-36(28-42)46(6,7)8,43-29-37(47(9,10)11)25-38(30-43)48(12,13)14)44-31-39(49(15,16)17)26-40(32-44)50(18,19)20/h21-33,41H,1-20H3. The molecule has 3 aromatic rings. The molecule has 1 aliphatic carbocycles. The lowest BCUT2D eigenvalue weighted by Gasteiger charge is -2.42. The quantitative estimate of drug-likeness (QED) is 0.183. The van der Waals surface area contributed by atoms with E-state index in [2.05, 4.69) is 211 Å². The van der Waals surface area contributed by atoms with Crippen LogP contribution >= 0.6 is 0 Å². The van der Waals surface area contributed by atoms with E-state index in [0.29, 0.717) is 5.92 Å². The Morgan fingerprint density at radius 3 is 0.804 bits per heavy atom. The second-order valence-corrected chi connectivity index (χ2v) is 26.4. The molecule has 1 heteroatoms. The maximum absolute atomic E-state index is 2.90. The fourth-order valence-corrected chi connectivity index (χ4v) is 12.7. The fraction of sp³-hybridized carbons (Fsp3) is 0.560. The molecule has 0 spiro atoms. The summed E-state index contributed by atoms with van der Waals surface area (Å²) in [7, 11) is -2.90. The van der Waals surface area contributed by atoms with Gasteiger partial charge in [-0.25, -0.2) is 0 Å². The van der Waals surface area contributed by atoms with Gasteiger partial charge >= 0.3 is 0 Å². The molecule has 0 nitrogen and oxygen atoms in total. The minimum absolute atomic E-state index is 0.00819. The predicted molar refractivity (Wildman–Crippen MR) is 232 cm³/mol. The number of hydrogen-bond donors (Lipinski definition) is 0. The number of benzene rings is 3. The Labute approximate surface area is 316 Å². The molecule has 0 N–H and O–H groups in total. The van der Waals surface area contributed by atoms with E-state index in [1.807, 2.05) is 0 Å². The fourth-order valence-electron chi connectivity index (χ4n) is 7.43. The van der Waals surface area contributed by atoms with Crippen LogP contribution in [0.5, 0.6) is 0 Å². The topological polar surface area (TPSA) is 0 Å². The second-order valence-electron chi connectivity index (χ2n) is 22.4. The summed E-state index contributed by atoms with van der Waals surface area (Å²) < 4.78 is 0. The maximum Gasteiger partial charge on any atom is 0.158 e. The van der Waals surface area contributed by atoms with Crippen LogP contribution in [-0.2, 0) is 32.5 Å². The van der Waals surface area contributed by atoms with E-state index in [4.69, 9.17) is 0 Å².